The first-order chi connectivity index (χ1) is 15.3. The van der Waals surface area contributed by atoms with Gasteiger partial charge in [0.05, 0.1) is 28.2 Å². The maximum atomic E-state index is 13.4. The van der Waals surface area contributed by atoms with Crippen LogP contribution in [0, 0.1) is 25.5 Å². The van der Waals surface area contributed by atoms with Gasteiger partial charge in [-0.3, -0.25) is 9.78 Å². The van der Waals surface area contributed by atoms with E-state index in [1.165, 1.54) is 47.1 Å². The van der Waals surface area contributed by atoms with Gasteiger partial charge in [0.1, 0.15) is 17.5 Å². The van der Waals surface area contributed by atoms with Crippen molar-refractivity contribution in [1.29, 1.82) is 0 Å². The van der Waals surface area contributed by atoms with E-state index >= 15 is 0 Å². The highest BCUT2D eigenvalue weighted by atomic mass is 19.1. The molecule has 0 saturated heterocycles. The minimum absolute atomic E-state index is 0.184. The Hall–Kier alpha value is -4.14. The number of fused-ring (bicyclic) bond motifs is 1. The fourth-order valence-corrected chi connectivity index (χ4v) is 3.20. The summed E-state index contributed by atoms with van der Waals surface area (Å²) in [6.07, 6.45) is 0. The van der Waals surface area contributed by atoms with Gasteiger partial charge in [-0.15, -0.1) is 0 Å². The SMILES string of the molecule is Cc1cc(NC(=O)COC(=O)c2cc3ccc(F)cc3nc2C)n(-c2ccc(F)cc2)n1. The van der Waals surface area contributed by atoms with Crippen molar-refractivity contribution in [2.75, 3.05) is 11.9 Å². The zero-order valence-electron chi connectivity index (χ0n) is 17.2. The second kappa shape index (κ2) is 8.54. The van der Waals surface area contributed by atoms with Crippen LogP contribution in [0.4, 0.5) is 14.6 Å². The number of nitrogens with one attached hydrogen (secondary N) is 1. The van der Waals surface area contributed by atoms with Gasteiger partial charge in [0.15, 0.2) is 6.61 Å². The summed E-state index contributed by atoms with van der Waals surface area (Å²) >= 11 is 0. The Morgan fingerprint density at radius 2 is 1.72 bits per heavy atom. The van der Waals surface area contributed by atoms with Gasteiger partial charge in [0.2, 0.25) is 0 Å². The molecule has 0 aliphatic rings. The van der Waals surface area contributed by atoms with Crippen LogP contribution < -0.4 is 5.32 Å². The molecule has 0 aliphatic heterocycles. The number of carbonyl (C=O) groups excluding carboxylic acids is 2. The Balaban J connectivity index is 1.45. The zero-order valence-corrected chi connectivity index (χ0v) is 17.2. The summed E-state index contributed by atoms with van der Waals surface area (Å²) in [4.78, 5) is 29.1. The largest absolute Gasteiger partial charge is 0.452 e. The molecule has 1 amide bonds. The molecule has 0 fully saturated rings. The Morgan fingerprint density at radius 1 is 1.00 bits per heavy atom. The molecule has 2 heterocycles. The van der Waals surface area contributed by atoms with Gasteiger partial charge < -0.3 is 10.1 Å². The van der Waals surface area contributed by atoms with Crippen molar-refractivity contribution in [1.82, 2.24) is 14.8 Å². The summed E-state index contributed by atoms with van der Waals surface area (Å²) in [7, 11) is 0. The molecule has 0 unspecified atom stereocenters. The van der Waals surface area contributed by atoms with Gasteiger partial charge >= 0.3 is 5.97 Å². The molecule has 4 rings (SSSR count). The fraction of sp³-hybridized carbons (Fsp3) is 0.130. The van der Waals surface area contributed by atoms with Gasteiger partial charge in [-0.2, -0.15) is 5.10 Å². The number of aromatic nitrogens is 3. The third kappa shape index (κ3) is 4.46. The lowest BCUT2D eigenvalue weighted by molar-refractivity contribution is -0.119. The summed E-state index contributed by atoms with van der Waals surface area (Å²) in [6.45, 7) is 2.81. The van der Waals surface area contributed by atoms with E-state index in [9.17, 15) is 18.4 Å². The van der Waals surface area contributed by atoms with Crippen LogP contribution in [0.15, 0.2) is 54.6 Å². The number of esters is 1. The lowest BCUT2D eigenvalue weighted by atomic mass is 10.1. The Bertz CT molecular complexity index is 1330. The topological polar surface area (TPSA) is 86.1 Å². The van der Waals surface area contributed by atoms with Gasteiger partial charge in [-0.25, -0.2) is 18.3 Å². The minimum atomic E-state index is -0.723. The second-order valence-corrected chi connectivity index (χ2v) is 7.14. The number of aryl methyl sites for hydroxylation is 2. The zero-order chi connectivity index (χ0) is 22.8. The highest BCUT2D eigenvalue weighted by molar-refractivity contribution is 5.97. The molecule has 0 spiro atoms. The van der Waals surface area contributed by atoms with E-state index in [-0.39, 0.29) is 5.56 Å². The second-order valence-electron chi connectivity index (χ2n) is 7.14. The number of benzene rings is 2. The molecule has 32 heavy (non-hydrogen) atoms. The molecule has 162 valence electrons. The Morgan fingerprint density at radius 3 is 2.47 bits per heavy atom. The minimum Gasteiger partial charge on any atom is -0.452 e. The molecule has 2 aromatic carbocycles. The average Bonchev–Trinajstić information content (AvgIpc) is 3.11. The van der Waals surface area contributed by atoms with Crippen molar-refractivity contribution in [2.45, 2.75) is 13.8 Å². The van der Waals surface area contributed by atoms with E-state index in [0.29, 0.717) is 33.8 Å². The van der Waals surface area contributed by atoms with Crippen LogP contribution in [0.2, 0.25) is 0 Å². The van der Waals surface area contributed by atoms with Crippen LogP contribution in [0.25, 0.3) is 16.6 Å². The summed E-state index contributed by atoms with van der Waals surface area (Å²) < 4.78 is 33.2. The van der Waals surface area contributed by atoms with Crippen LogP contribution in [0.1, 0.15) is 21.7 Å². The lowest BCUT2D eigenvalue weighted by Crippen LogP contribution is -2.22. The van der Waals surface area contributed by atoms with Crippen molar-refractivity contribution >= 4 is 28.6 Å². The number of anilines is 1. The molecule has 2 aromatic heterocycles. The summed E-state index contributed by atoms with van der Waals surface area (Å²) in [5, 5.41) is 7.50. The molecule has 4 aromatic rings. The predicted molar refractivity (Wildman–Crippen MR) is 114 cm³/mol. The van der Waals surface area contributed by atoms with Crippen LogP contribution in [0.5, 0.6) is 0 Å². The van der Waals surface area contributed by atoms with Crippen molar-refractivity contribution in [3.8, 4) is 5.69 Å². The monoisotopic (exact) mass is 436 g/mol. The van der Waals surface area contributed by atoms with Crippen molar-refractivity contribution < 1.29 is 23.1 Å². The molecule has 0 aliphatic carbocycles. The van der Waals surface area contributed by atoms with Gasteiger partial charge in [0, 0.05) is 17.5 Å². The van der Waals surface area contributed by atoms with E-state index in [1.54, 1.807) is 26.0 Å². The molecule has 1 N–H and O–H groups in total. The Labute approximate surface area is 181 Å². The Kier molecular flexibility index (Phi) is 5.63. The van der Waals surface area contributed by atoms with E-state index in [0.717, 1.165) is 0 Å². The van der Waals surface area contributed by atoms with Crippen molar-refractivity contribution in [3.05, 3.63) is 83.2 Å². The first kappa shape index (κ1) is 21.1. The number of hydrogen-bond acceptors (Lipinski definition) is 5. The lowest BCUT2D eigenvalue weighted by Gasteiger charge is -2.10. The summed E-state index contributed by atoms with van der Waals surface area (Å²) in [5.41, 5.74) is 2.15. The van der Waals surface area contributed by atoms with Gasteiger partial charge in [-0.05, 0) is 56.3 Å². The average molecular weight is 436 g/mol. The normalized spacial score (nSPS) is 10.9. The number of carbonyl (C=O) groups is 2. The smallest absolute Gasteiger partial charge is 0.340 e. The van der Waals surface area contributed by atoms with Crippen LogP contribution in [0.3, 0.4) is 0 Å². The molecular weight excluding hydrogens is 418 g/mol. The van der Waals surface area contributed by atoms with Gasteiger partial charge in [-0.1, -0.05) is 0 Å². The molecule has 0 saturated carbocycles. The quantitative estimate of drug-likeness (QED) is 0.476. The third-order valence-corrected chi connectivity index (χ3v) is 4.69. The van der Waals surface area contributed by atoms with Crippen LogP contribution in [-0.4, -0.2) is 33.2 Å². The highest BCUT2D eigenvalue weighted by Gasteiger charge is 2.17. The van der Waals surface area contributed by atoms with Crippen LogP contribution >= 0.6 is 0 Å². The maximum Gasteiger partial charge on any atom is 0.340 e. The highest BCUT2D eigenvalue weighted by Crippen LogP contribution is 2.19. The molecule has 9 heteroatoms. The number of rotatable bonds is 5. The van der Waals surface area contributed by atoms with Crippen LogP contribution in [-0.2, 0) is 9.53 Å². The molecular formula is C23H18F2N4O3. The predicted octanol–water partition coefficient (Wildman–Crippen LogP) is 4.11. The summed E-state index contributed by atoms with van der Waals surface area (Å²) in [5.74, 6) is -1.76. The van der Waals surface area contributed by atoms with E-state index in [2.05, 4.69) is 15.4 Å². The maximum absolute atomic E-state index is 13.4. The van der Waals surface area contributed by atoms with Gasteiger partial charge in [0.25, 0.3) is 5.91 Å². The molecule has 0 radical (unpaired) electrons. The molecule has 0 bridgehead atoms. The van der Waals surface area contributed by atoms with E-state index in [4.69, 9.17) is 4.74 Å². The summed E-state index contributed by atoms with van der Waals surface area (Å²) in [6, 6.07) is 12.9. The number of ether oxygens (including phenoxy) is 1. The first-order valence-electron chi connectivity index (χ1n) is 9.66. The third-order valence-electron chi connectivity index (χ3n) is 4.69. The van der Waals surface area contributed by atoms with E-state index < -0.39 is 30.1 Å². The standard InChI is InChI=1S/C23H18F2N4O3/c1-13-9-21(29(28-13)18-7-5-16(24)6-8-18)27-22(30)12-32-23(31)19-10-15-3-4-17(25)11-20(15)26-14(19)2/h3-11H,12H2,1-2H3,(H,27,30). The number of pyridine rings is 1. The van der Waals surface area contributed by atoms with Crippen molar-refractivity contribution in [2.24, 2.45) is 0 Å². The number of hydrogen-bond donors (Lipinski definition) is 1. The number of nitrogens with zero attached hydrogens (tertiary/aromatic N) is 3. The molecule has 0 atom stereocenters. The fourth-order valence-electron chi connectivity index (χ4n) is 3.20. The number of amides is 1. The molecule has 7 nitrogen and oxygen atoms in total. The number of halogens is 2. The van der Waals surface area contributed by atoms with E-state index in [1.807, 2.05) is 0 Å². The first-order valence-corrected chi connectivity index (χ1v) is 9.66. The van der Waals surface area contributed by atoms with Crippen molar-refractivity contribution in [3.63, 3.8) is 0 Å².